The monoisotopic (exact) mass is 614 g/mol. The summed E-state index contributed by atoms with van der Waals surface area (Å²) in [5.74, 6) is -2.36. The number of carbonyl (C=O) groups excluding carboxylic acids is 3. The first-order chi connectivity index (χ1) is 19.4. The molecule has 0 aliphatic heterocycles. The first-order valence-corrected chi connectivity index (χ1v) is 13.6. The summed E-state index contributed by atoms with van der Waals surface area (Å²) >= 11 is 9.49. The number of hydrogen-bond donors (Lipinski definition) is 3. The molecule has 0 saturated carbocycles. The number of carbonyl (C=O) groups is 3. The minimum atomic E-state index is -0.905. The van der Waals surface area contributed by atoms with Gasteiger partial charge in [0.15, 0.2) is 0 Å². The number of nitrogens with zero attached hydrogens (tertiary/aromatic N) is 1. The highest BCUT2D eigenvalue weighted by Crippen LogP contribution is 2.25. The molecule has 3 N–H and O–H groups in total. The number of benzene rings is 4. The van der Waals surface area contributed by atoms with Gasteiger partial charge >= 0.3 is 11.8 Å². The van der Waals surface area contributed by atoms with E-state index in [1.807, 2.05) is 66.7 Å². The summed E-state index contributed by atoms with van der Waals surface area (Å²) in [4.78, 5) is 39.3. The van der Waals surface area contributed by atoms with Gasteiger partial charge in [0.1, 0.15) is 5.69 Å². The lowest BCUT2D eigenvalue weighted by atomic mass is 9.91. The molecule has 0 fully saturated rings. The van der Waals surface area contributed by atoms with Crippen molar-refractivity contribution in [2.45, 2.75) is 5.92 Å². The van der Waals surface area contributed by atoms with E-state index in [0.717, 1.165) is 15.6 Å². The molecule has 0 radical (unpaired) electrons. The molecule has 0 aliphatic rings. The van der Waals surface area contributed by atoms with Gasteiger partial charge in [-0.2, -0.15) is 0 Å². The fourth-order valence-corrected chi connectivity index (χ4v) is 5.03. The highest BCUT2D eigenvalue weighted by atomic mass is 79.9. The molecule has 5 aromatic rings. The van der Waals surface area contributed by atoms with Crippen LogP contribution in [0.15, 0.2) is 114 Å². The van der Waals surface area contributed by atoms with Crippen LogP contribution < -0.4 is 16.1 Å². The molecule has 0 aliphatic carbocycles. The lowest BCUT2D eigenvalue weighted by Gasteiger charge is -2.19. The van der Waals surface area contributed by atoms with Crippen molar-refractivity contribution >= 4 is 61.8 Å². The Labute approximate surface area is 244 Å². The second-order valence-electron chi connectivity index (χ2n) is 9.06. The van der Waals surface area contributed by atoms with Crippen LogP contribution >= 0.6 is 27.5 Å². The third-order valence-electron chi connectivity index (χ3n) is 6.37. The van der Waals surface area contributed by atoms with Crippen molar-refractivity contribution in [3.05, 3.63) is 136 Å². The van der Waals surface area contributed by atoms with Crippen molar-refractivity contribution in [1.82, 2.24) is 9.99 Å². The Kier molecular flexibility index (Phi) is 8.28. The van der Waals surface area contributed by atoms with Gasteiger partial charge in [0, 0.05) is 33.0 Å². The predicted molar refractivity (Wildman–Crippen MR) is 161 cm³/mol. The van der Waals surface area contributed by atoms with Crippen LogP contribution in [0, 0.1) is 0 Å². The maximum absolute atomic E-state index is 13.2. The fraction of sp³-hybridized carbons (Fsp3) is 0.0645. The second kappa shape index (κ2) is 12.2. The number of halogens is 2. The van der Waals surface area contributed by atoms with E-state index < -0.39 is 17.7 Å². The smallest absolute Gasteiger partial charge is 0.328 e. The van der Waals surface area contributed by atoms with Gasteiger partial charge in [-0.05, 0) is 53.6 Å². The zero-order valence-electron chi connectivity index (χ0n) is 21.1. The molecule has 3 amide bonds. The minimum Gasteiger partial charge on any atom is -0.347 e. The van der Waals surface area contributed by atoms with Gasteiger partial charge in [-0.25, -0.2) is 4.68 Å². The lowest BCUT2D eigenvalue weighted by molar-refractivity contribution is -0.136. The second-order valence-corrected chi connectivity index (χ2v) is 10.4. The van der Waals surface area contributed by atoms with Gasteiger partial charge in [-0.1, -0.05) is 94.3 Å². The molecular formula is C31H24BrClN4O3. The molecule has 7 nitrogen and oxygen atoms in total. The molecule has 0 saturated heterocycles. The van der Waals surface area contributed by atoms with Crippen molar-refractivity contribution in [1.29, 1.82) is 0 Å². The zero-order chi connectivity index (χ0) is 28.1. The molecule has 5 rings (SSSR count). The summed E-state index contributed by atoms with van der Waals surface area (Å²) in [7, 11) is 0. The number of nitrogens with one attached hydrogen (secondary N) is 3. The van der Waals surface area contributed by atoms with E-state index in [9.17, 15) is 14.4 Å². The van der Waals surface area contributed by atoms with Gasteiger partial charge in [-0.15, -0.1) is 0 Å². The molecule has 0 atom stereocenters. The summed E-state index contributed by atoms with van der Waals surface area (Å²) in [6.07, 6.45) is 0. The summed E-state index contributed by atoms with van der Waals surface area (Å²) in [6, 6.07) is 33.3. The standard InChI is InChI=1S/C31H24BrClN4O3/c32-23-14-15-27-22(16-23)17-28(29(38)35-25-13-7-12-24(33)18-25)37(27)36-31(40)30(39)34-19-26(20-8-3-1-4-9-20)21-10-5-2-6-11-21/h1-18,26H,19H2,(H,34,39)(H,35,38)(H,36,40). The number of anilines is 1. The molecule has 0 spiro atoms. The summed E-state index contributed by atoms with van der Waals surface area (Å²) < 4.78 is 2.12. The largest absolute Gasteiger partial charge is 0.347 e. The van der Waals surface area contributed by atoms with E-state index in [2.05, 4.69) is 32.0 Å². The van der Waals surface area contributed by atoms with Crippen LogP contribution in [0.5, 0.6) is 0 Å². The number of fused-ring (bicyclic) bond motifs is 1. The maximum atomic E-state index is 13.2. The van der Waals surface area contributed by atoms with E-state index >= 15 is 0 Å². The molecule has 1 heterocycles. The Morgan fingerprint density at radius 3 is 2.10 bits per heavy atom. The first-order valence-electron chi connectivity index (χ1n) is 12.5. The fourth-order valence-electron chi connectivity index (χ4n) is 4.46. The number of hydrogen-bond acceptors (Lipinski definition) is 3. The van der Waals surface area contributed by atoms with Crippen LogP contribution in [0.4, 0.5) is 5.69 Å². The summed E-state index contributed by atoms with van der Waals surface area (Å²) in [5, 5.41) is 6.71. The molecule has 200 valence electrons. The third-order valence-corrected chi connectivity index (χ3v) is 7.10. The summed E-state index contributed by atoms with van der Waals surface area (Å²) in [5.41, 5.74) is 5.80. The van der Waals surface area contributed by atoms with E-state index in [4.69, 9.17) is 11.6 Å². The Balaban J connectivity index is 1.37. The van der Waals surface area contributed by atoms with E-state index in [1.165, 1.54) is 4.68 Å². The number of rotatable bonds is 7. The van der Waals surface area contributed by atoms with Gasteiger partial charge in [0.25, 0.3) is 5.91 Å². The van der Waals surface area contributed by atoms with Crippen LogP contribution in [-0.4, -0.2) is 28.9 Å². The van der Waals surface area contributed by atoms with E-state index in [-0.39, 0.29) is 18.2 Å². The zero-order valence-corrected chi connectivity index (χ0v) is 23.4. The Bertz CT molecular complexity index is 1650. The molecule has 0 unspecified atom stereocenters. The van der Waals surface area contributed by atoms with Gasteiger partial charge in [0.05, 0.1) is 5.52 Å². The highest BCUT2D eigenvalue weighted by Gasteiger charge is 2.23. The van der Waals surface area contributed by atoms with E-state index in [1.54, 1.807) is 42.5 Å². The van der Waals surface area contributed by atoms with Gasteiger partial charge in [0.2, 0.25) is 0 Å². The topological polar surface area (TPSA) is 92.2 Å². The molecule has 1 aromatic heterocycles. The average molecular weight is 616 g/mol. The molecule has 0 bridgehead atoms. The van der Waals surface area contributed by atoms with Crippen LogP contribution in [0.2, 0.25) is 5.02 Å². The van der Waals surface area contributed by atoms with E-state index in [0.29, 0.717) is 21.6 Å². The molecule has 9 heteroatoms. The van der Waals surface area contributed by atoms with Crippen molar-refractivity contribution in [3.63, 3.8) is 0 Å². The number of aromatic nitrogens is 1. The van der Waals surface area contributed by atoms with Crippen molar-refractivity contribution < 1.29 is 14.4 Å². The van der Waals surface area contributed by atoms with Crippen molar-refractivity contribution in [2.75, 3.05) is 17.3 Å². The molecular weight excluding hydrogens is 592 g/mol. The van der Waals surface area contributed by atoms with Crippen LogP contribution in [0.1, 0.15) is 27.5 Å². The van der Waals surface area contributed by atoms with Crippen molar-refractivity contribution in [2.24, 2.45) is 0 Å². The Hall–Kier alpha value is -4.40. The van der Waals surface area contributed by atoms with Crippen molar-refractivity contribution in [3.8, 4) is 0 Å². The Morgan fingerprint density at radius 2 is 1.45 bits per heavy atom. The third kappa shape index (κ3) is 6.25. The predicted octanol–water partition coefficient (Wildman–Crippen LogP) is 6.33. The summed E-state index contributed by atoms with van der Waals surface area (Å²) in [6.45, 7) is 0.210. The minimum absolute atomic E-state index is 0.140. The highest BCUT2D eigenvalue weighted by molar-refractivity contribution is 9.10. The normalized spacial score (nSPS) is 10.9. The molecule has 40 heavy (non-hydrogen) atoms. The van der Waals surface area contributed by atoms with Gasteiger partial charge < -0.3 is 10.6 Å². The number of amides is 3. The quantitative estimate of drug-likeness (QED) is 0.187. The van der Waals surface area contributed by atoms with Crippen LogP contribution in [-0.2, 0) is 9.59 Å². The Morgan fingerprint density at radius 1 is 0.775 bits per heavy atom. The van der Waals surface area contributed by atoms with Gasteiger partial charge in [-0.3, -0.25) is 19.8 Å². The first kappa shape index (κ1) is 27.2. The average Bonchev–Trinajstić information content (AvgIpc) is 3.31. The van der Waals surface area contributed by atoms with Crippen LogP contribution in [0.3, 0.4) is 0 Å². The SMILES string of the molecule is O=C(NCC(c1ccccc1)c1ccccc1)C(=O)Nn1c(C(=O)Nc2cccc(Cl)c2)cc2cc(Br)ccc21. The molecule has 4 aromatic carbocycles. The van der Waals surface area contributed by atoms with Crippen LogP contribution in [0.25, 0.3) is 10.9 Å². The maximum Gasteiger partial charge on any atom is 0.328 e. The lowest BCUT2D eigenvalue weighted by Crippen LogP contribution is -2.41.